The number of phenolic OH excluding ortho intramolecular Hbond substituents is 4. The Morgan fingerprint density at radius 2 is 1.69 bits per heavy atom. The number of phenols is 4. The minimum absolute atomic E-state index is 0.260. The smallest absolute Gasteiger partial charge is 0.203 e. The SMILES string of the molecule is Cn1nc(-c2ccc(O)c(O)c2-c2ccc(O)c(O)c2)sc1=NC1CCCCC1. The van der Waals surface area contributed by atoms with E-state index in [9.17, 15) is 20.4 Å². The number of hydrogen-bond donors (Lipinski definition) is 4. The van der Waals surface area contributed by atoms with Crippen molar-refractivity contribution in [3.63, 3.8) is 0 Å². The number of benzene rings is 2. The van der Waals surface area contributed by atoms with Crippen molar-refractivity contribution < 1.29 is 20.4 Å². The molecule has 0 saturated heterocycles. The Morgan fingerprint density at radius 1 is 0.966 bits per heavy atom. The van der Waals surface area contributed by atoms with Gasteiger partial charge in [0, 0.05) is 18.2 Å². The van der Waals surface area contributed by atoms with Gasteiger partial charge in [-0.1, -0.05) is 36.7 Å². The summed E-state index contributed by atoms with van der Waals surface area (Å²) < 4.78 is 1.73. The summed E-state index contributed by atoms with van der Waals surface area (Å²) in [6.07, 6.45) is 5.84. The molecule has 0 aliphatic heterocycles. The average molecular weight is 413 g/mol. The molecule has 0 atom stereocenters. The zero-order valence-electron chi connectivity index (χ0n) is 16.0. The minimum Gasteiger partial charge on any atom is -0.504 e. The van der Waals surface area contributed by atoms with Crippen molar-refractivity contribution in [2.75, 3.05) is 0 Å². The van der Waals surface area contributed by atoms with Gasteiger partial charge in [0.15, 0.2) is 23.0 Å². The Hall–Kier alpha value is -3.00. The van der Waals surface area contributed by atoms with Crippen molar-refractivity contribution >= 4 is 11.3 Å². The molecule has 29 heavy (non-hydrogen) atoms. The van der Waals surface area contributed by atoms with E-state index < -0.39 is 0 Å². The summed E-state index contributed by atoms with van der Waals surface area (Å²) in [6.45, 7) is 0. The highest BCUT2D eigenvalue weighted by molar-refractivity contribution is 7.12. The van der Waals surface area contributed by atoms with Crippen LogP contribution in [0.3, 0.4) is 0 Å². The van der Waals surface area contributed by atoms with E-state index in [1.165, 1.54) is 48.8 Å². The molecule has 4 N–H and O–H groups in total. The van der Waals surface area contributed by atoms with Crippen molar-refractivity contribution in [2.24, 2.45) is 12.0 Å². The van der Waals surface area contributed by atoms with E-state index in [0.717, 1.165) is 17.6 Å². The predicted octanol–water partition coefficient (Wildman–Crippen LogP) is 3.87. The fourth-order valence-corrected chi connectivity index (χ4v) is 4.66. The summed E-state index contributed by atoms with van der Waals surface area (Å²) in [7, 11) is 1.84. The number of aryl methyl sites for hydroxylation is 1. The van der Waals surface area contributed by atoms with Gasteiger partial charge in [0.05, 0.1) is 6.04 Å². The second-order valence-corrected chi connectivity index (χ2v) is 8.25. The molecule has 0 radical (unpaired) electrons. The first-order valence-corrected chi connectivity index (χ1v) is 10.4. The lowest BCUT2D eigenvalue weighted by Gasteiger charge is -2.16. The summed E-state index contributed by atoms with van der Waals surface area (Å²) in [5.41, 5.74) is 1.39. The zero-order chi connectivity index (χ0) is 20.5. The quantitative estimate of drug-likeness (QED) is 0.487. The topological polar surface area (TPSA) is 111 Å². The van der Waals surface area contributed by atoms with Crippen LogP contribution in [0, 0.1) is 0 Å². The number of aromatic hydroxyl groups is 4. The summed E-state index contributed by atoms with van der Waals surface area (Å²) in [6, 6.07) is 7.64. The lowest BCUT2D eigenvalue weighted by atomic mass is 9.96. The molecule has 0 bridgehead atoms. The lowest BCUT2D eigenvalue weighted by molar-refractivity contribution is 0.402. The summed E-state index contributed by atoms with van der Waals surface area (Å²) in [5, 5.41) is 45.3. The maximum atomic E-state index is 10.5. The van der Waals surface area contributed by atoms with Crippen molar-refractivity contribution in [3.8, 4) is 44.7 Å². The Labute approximate surface area is 171 Å². The van der Waals surface area contributed by atoms with Crippen molar-refractivity contribution in [1.82, 2.24) is 9.78 Å². The third-order valence-electron chi connectivity index (χ3n) is 5.22. The number of aromatic nitrogens is 2. The Kier molecular flexibility index (Phi) is 5.19. The fraction of sp³-hybridized carbons (Fsp3) is 0.333. The molecule has 1 aliphatic carbocycles. The molecule has 1 saturated carbocycles. The molecule has 4 rings (SSSR count). The molecule has 152 valence electrons. The molecule has 0 amide bonds. The van der Waals surface area contributed by atoms with Crippen LogP contribution in [0.2, 0.25) is 0 Å². The van der Waals surface area contributed by atoms with Crippen LogP contribution >= 0.6 is 11.3 Å². The lowest BCUT2D eigenvalue weighted by Crippen LogP contribution is -2.18. The van der Waals surface area contributed by atoms with E-state index in [0.29, 0.717) is 27.7 Å². The minimum atomic E-state index is -0.311. The monoisotopic (exact) mass is 413 g/mol. The molecule has 1 fully saturated rings. The van der Waals surface area contributed by atoms with Gasteiger partial charge in [0.1, 0.15) is 5.01 Å². The molecule has 0 unspecified atom stereocenters. The van der Waals surface area contributed by atoms with Crippen LogP contribution in [-0.2, 0) is 7.05 Å². The molecule has 2 aromatic carbocycles. The Morgan fingerprint density at radius 3 is 2.41 bits per heavy atom. The van der Waals surface area contributed by atoms with Crippen molar-refractivity contribution in [2.45, 2.75) is 38.1 Å². The highest BCUT2D eigenvalue weighted by atomic mass is 32.1. The molecule has 8 heteroatoms. The highest BCUT2D eigenvalue weighted by Gasteiger charge is 2.20. The first-order valence-electron chi connectivity index (χ1n) is 9.59. The van der Waals surface area contributed by atoms with Crippen molar-refractivity contribution in [3.05, 3.63) is 35.1 Å². The highest BCUT2D eigenvalue weighted by Crippen LogP contribution is 2.45. The Balaban J connectivity index is 1.84. The largest absolute Gasteiger partial charge is 0.504 e. The Bertz CT molecular complexity index is 1110. The van der Waals surface area contributed by atoms with Crippen LogP contribution in [0.25, 0.3) is 21.7 Å². The van der Waals surface area contributed by atoms with Gasteiger partial charge in [-0.25, -0.2) is 4.68 Å². The van der Waals surface area contributed by atoms with Gasteiger partial charge >= 0.3 is 0 Å². The normalized spacial score (nSPS) is 15.7. The van der Waals surface area contributed by atoms with Gasteiger partial charge < -0.3 is 20.4 Å². The van der Waals surface area contributed by atoms with Crippen LogP contribution in [0.15, 0.2) is 35.3 Å². The predicted molar refractivity (Wildman–Crippen MR) is 111 cm³/mol. The van der Waals surface area contributed by atoms with E-state index in [1.807, 2.05) is 7.05 Å². The first kappa shape index (κ1) is 19.3. The fourth-order valence-electron chi connectivity index (χ4n) is 3.67. The molecule has 7 nitrogen and oxygen atoms in total. The second-order valence-electron chi connectivity index (χ2n) is 7.29. The van der Waals surface area contributed by atoms with E-state index >= 15 is 0 Å². The van der Waals surface area contributed by atoms with E-state index in [1.54, 1.807) is 16.8 Å². The van der Waals surface area contributed by atoms with E-state index in [-0.39, 0.29) is 23.0 Å². The average Bonchev–Trinajstić information content (AvgIpc) is 3.07. The molecule has 3 aromatic rings. The van der Waals surface area contributed by atoms with Gasteiger partial charge in [0.2, 0.25) is 4.80 Å². The van der Waals surface area contributed by atoms with Crippen LogP contribution in [0.1, 0.15) is 32.1 Å². The third-order valence-corrected chi connectivity index (χ3v) is 6.27. The summed E-state index contributed by atoms with van der Waals surface area (Å²) in [4.78, 5) is 5.67. The molecule has 1 heterocycles. The number of nitrogens with zero attached hydrogens (tertiary/aromatic N) is 3. The van der Waals surface area contributed by atoms with Gasteiger partial charge in [-0.15, -0.1) is 0 Å². The maximum Gasteiger partial charge on any atom is 0.203 e. The number of hydrogen-bond acceptors (Lipinski definition) is 7. The third kappa shape index (κ3) is 3.80. The van der Waals surface area contributed by atoms with Crippen molar-refractivity contribution in [1.29, 1.82) is 0 Å². The summed E-state index contributed by atoms with van der Waals surface area (Å²) >= 11 is 1.42. The van der Waals surface area contributed by atoms with E-state index in [4.69, 9.17) is 4.99 Å². The summed E-state index contributed by atoms with van der Waals surface area (Å²) in [5.74, 6) is -1.15. The zero-order valence-corrected chi connectivity index (χ0v) is 16.9. The standard InChI is InChI=1S/C21H23N3O4S/c1-24-21(22-13-5-3-2-4-6-13)29-20(23-24)14-8-10-16(26)19(28)18(14)12-7-9-15(25)17(27)11-12/h7-11,13,25-28H,2-6H2,1H3. The van der Waals surface area contributed by atoms with Crippen LogP contribution in [0.5, 0.6) is 23.0 Å². The molecule has 1 aromatic heterocycles. The molecular formula is C21H23N3O4S. The second kappa shape index (κ2) is 7.79. The molecule has 1 aliphatic rings. The van der Waals surface area contributed by atoms with Crippen LogP contribution in [-0.4, -0.2) is 36.2 Å². The van der Waals surface area contributed by atoms with Crippen LogP contribution < -0.4 is 4.80 Å². The van der Waals surface area contributed by atoms with Gasteiger partial charge in [-0.05, 0) is 42.7 Å². The first-order chi connectivity index (χ1) is 13.9. The van der Waals surface area contributed by atoms with Gasteiger partial charge in [-0.3, -0.25) is 4.99 Å². The van der Waals surface area contributed by atoms with Crippen LogP contribution in [0.4, 0.5) is 0 Å². The van der Waals surface area contributed by atoms with Gasteiger partial charge in [0.25, 0.3) is 0 Å². The molecule has 0 spiro atoms. The molecular weight excluding hydrogens is 390 g/mol. The maximum absolute atomic E-state index is 10.5. The number of rotatable bonds is 3. The van der Waals surface area contributed by atoms with Gasteiger partial charge in [-0.2, -0.15) is 5.10 Å². The van der Waals surface area contributed by atoms with E-state index in [2.05, 4.69) is 5.10 Å².